The second-order valence-corrected chi connectivity index (χ2v) is 8.58. The number of nitrogens with zero attached hydrogens (tertiary/aromatic N) is 2. The van der Waals surface area contributed by atoms with Crippen LogP contribution in [0.3, 0.4) is 0 Å². The standard InChI is InChI=1S/C14H10FNO4.C8H8BFO4.C6H4ClNO2/c1-20-14(19)8-2-3-10(12(15)6-8)9-4-5-16-7-11(9)13(17)18;1-14-8(11)5-2-3-6(9(12)13)7(10)4-5;7-5-1-2-8-3-4(5)6(9)10/h2-7H,1H3,(H,17,18);2-4,12-13H,1H3;1-3H,(H,9,10). The number of carboxylic acid groups (broad SMARTS) is 2. The van der Waals surface area contributed by atoms with E-state index in [1.165, 1.54) is 63.1 Å². The highest BCUT2D eigenvalue weighted by Gasteiger charge is 2.19. The Balaban J connectivity index is 0.000000245. The molecule has 228 valence electrons. The molecular weight excluding hydrogens is 609 g/mol. The fraction of sp³-hybridized carbons (Fsp3) is 0.0714. The molecule has 4 N–H and O–H groups in total. The molecule has 2 aromatic carbocycles. The first-order valence-electron chi connectivity index (χ1n) is 11.9. The number of carbonyl (C=O) groups excluding carboxylic acids is 2. The Bertz CT molecular complexity index is 1670. The van der Waals surface area contributed by atoms with Gasteiger partial charge in [-0.25, -0.2) is 28.0 Å². The van der Waals surface area contributed by atoms with Crippen molar-refractivity contribution in [3.63, 3.8) is 0 Å². The van der Waals surface area contributed by atoms with Crippen molar-refractivity contribution in [2.75, 3.05) is 14.2 Å². The van der Waals surface area contributed by atoms with E-state index in [0.29, 0.717) is 0 Å². The number of esters is 2. The second kappa shape index (κ2) is 16.4. The molecule has 0 fully saturated rings. The first-order valence-corrected chi connectivity index (χ1v) is 12.3. The van der Waals surface area contributed by atoms with Crippen molar-refractivity contribution in [1.82, 2.24) is 9.97 Å². The lowest BCUT2D eigenvalue weighted by molar-refractivity contribution is 0.0591. The van der Waals surface area contributed by atoms with Crippen LogP contribution in [0.2, 0.25) is 5.02 Å². The van der Waals surface area contributed by atoms with E-state index in [1.54, 1.807) is 0 Å². The number of aromatic nitrogens is 2. The number of halogens is 3. The summed E-state index contributed by atoms with van der Waals surface area (Å²) in [5.41, 5.74) is -0.00742. The van der Waals surface area contributed by atoms with Gasteiger partial charge in [-0.2, -0.15) is 0 Å². The van der Waals surface area contributed by atoms with Crippen LogP contribution in [0.4, 0.5) is 8.78 Å². The number of hydrogen-bond donors (Lipinski definition) is 4. The Hall–Kier alpha value is -5.25. The summed E-state index contributed by atoms with van der Waals surface area (Å²) in [4.78, 5) is 50.9. The summed E-state index contributed by atoms with van der Waals surface area (Å²) in [7, 11) is 0.482. The van der Waals surface area contributed by atoms with Gasteiger partial charge in [-0.3, -0.25) is 9.97 Å². The van der Waals surface area contributed by atoms with E-state index in [9.17, 15) is 28.0 Å². The Morgan fingerprint density at radius 2 is 1.23 bits per heavy atom. The van der Waals surface area contributed by atoms with Gasteiger partial charge in [0.15, 0.2) is 0 Å². The number of ether oxygens (including phenoxy) is 2. The van der Waals surface area contributed by atoms with Crippen LogP contribution in [0.25, 0.3) is 11.1 Å². The average molecular weight is 631 g/mol. The summed E-state index contributed by atoms with van der Waals surface area (Å²) < 4.78 is 36.0. The van der Waals surface area contributed by atoms with Crippen molar-refractivity contribution < 1.29 is 57.7 Å². The minimum absolute atomic E-state index is 0.0226. The molecule has 0 amide bonds. The van der Waals surface area contributed by atoms with E-state index in [2.05, 4.69) is 19.4 Å². The summed E-state index contributed by atoms with van der Waals surface area (Å²) in [6, 6.07) is 9.81. The van der Waals surface area contributed by atoms with Gasteiger partial charge in [-0.05, 0) is 36.4 Å². The third kappa shape index (κ3) is 9.39. The Kier molecular flexibility index (Phi) is 13.0. The van der Waals surface area contributed by atoms with Gasteiger partial charge in [0.2, 0.25) is 0 Å². The predicted octanol–water partition coefficient (Wildman–Crippen LogP) is 3.10. The monoisotopic (exact) mass is 630 g/mol. The van der Waals surface area contributed by atoms with Crippen molar-refractivity contribution >= 4 is 48.1 Å². The van der Waals surface area contributed by atoms with Gasteiger partial charge in [0.05, 0.1) is 41.5 Å². The van der Waals surface area contributed by atoms with E-state index in [0.717, 1.165) is 24.4 Å². The predicted molar refractivity (Wildman–Crippen MR) is 152 cm³/mol. The molecule has 0 spiro atoms. The van der Waals surface area contributed by atoms with E-state index < -0.39 is 42.6 Å². The lowest BCUT2D eigenvalue weighted by atomic mass is 9.79. The first kappa shape index (κ1) is 35.0. The molecule has 16 heteroatoms. The quantitative estimate of drug-likeness (QED) is 0.180. The zero-order chi connectivity index (χ0) is 33.0. The summed E-state index contributed by atoms with van der Waals surface area (Å²) in [6.45, 7) is 0. The van der Waals surface area contributed by atoms with Crippen LogP contribution in [0.15, 0.2) is 73.3 Å². The number of pyridine rings is 2. The number of hydrogen-bond acceptors (Lipinski definition) is 10. The lowest BCUT2D eigenvalue weighted by Crippen LogP contribution is -2.32. The fourth-order valence-electron chi connectivity index (χ4n) is 3.29. The van der Waals surface area contributed by atoms with Gasteiger partial charge in [0.25, 0.3) is 0 Å². The molecule has 0 saturated carbocycles. The molecule has 4 rings (SSSR count). The molecule has 0 radical (unpaired) electrons. The minimum atomic E-state index is -1.89. The molecule has 0 aliphatic carbocycles. The zero-order valence-corrected chi connectivity index (χ0v) is 23.5. The molecule has 0 saturated heterocycles. The third-order valence-electron chi connectivity index (χ3n) is 5.43. The van der Waals surface area contributed by atoms with Gasteiger partial charge in [-0.15, -0.1) is 0 Å². The third-order valence-corrected chi connectivity index (χ3v) is 5.76. The number of rotatable bonds is 6. The highest BCUT2D eigenvalue weighted by atomic mass is 35.5. The van der Waals surface area contributed by atoms with Crippen LogP contribution < -0.4 is 5.46 Å². The number of carbonyl (C=O) groups is 4. The van der Waals surface area contributed by atoms with Gasteiger partial charge >= 0.3 is 31.0 Å². The first-order chi connectivity index (χ1) is 20.8. The maximum atomic E-state index is 14.1. The van der Waals surface area contributed by atoms with Gasteiger partial charge in [-0.1, -0.05) is 23.7 Å². The van der Waals surface area contributed by atoms with E-state index in [4.69, 9.17) is 31.9 Å². The van der Waals surface area contributed by atoms with Gasteiger partial charge < -0.3 is 29.7 Å². The Labute approximate surface area is 253 Å². The number of benzene rings is 2. The molecular formula is C28H22BClF2N2O10. The fourth-order valence-corrected chi connectivity index (χ4v) is 3.48. The maximum absolute atomic E-state index is 14.1. The lowest BCUT2D eigenvalue weighted by Gasteiger charge is -2.08. The van der Waals surface area contributed by atoms with E-state index in [-0.39, 0.29) is 43.9 Å². The molecule has 2 aromatic heterocycles. The van der Waals surface area contributed by atoms with Crippen LogP contribution >= 0.6 is 11.6 Å². The Morgan fingerprint density at radius 3 is 1.66 bits per heavy atom. The summed E-state index contributed by atoms with van der Waals surface area (Å²) in [5.74, 6) is -5.17. The summed E-state index contributed by atoms with van der Waals surface area (Å²) in [6.07, 6.45) is 5.17. The van der Waals surface area contributed by atoms with Crippen molar-refractivity contribution in [1.29, 1.82) is 0 Å². The van der Waals surface area contributed by atoms with Crippen molar-refractivity contribution in [2.24, 2.45) is 0 Å². The van der Waals surface area contributed by atoms with Gasteiger partial charge in [0.1, 0.15) is 11.6 Å². The van der Waals surface area contributed by atoms with Crippen molar-refractivity contribution in [3.05, 3.63) is 112 Å². The molecule has 0 aliphatic heterocycles. The second-order valence-electron chi connectivity index (χ2n) is 8.17. The molecule has 12 nitrogen and oxygen atoms in total. The summed E-state index contributed by atoms with van der Waals surface area (Å²) in [5, 5.41) is 35.1. The van der Waals surface area contributed by atoms with Crippen LogP contribution in [-0.2, 0) is 9.47 Å². The van der Waals surface area contributed by atoms with Crippen LogP contribution in [-0.4, -0.2) is 75.4 Å². The molecule has 0 aliphatic rings. The topological polar surface area (TPSA) is 193 Å². The molecule has 0 unspecified atom stereocenters. The van der Waals surface area contributed by atoms with Crippen LogP contribution in [0.5, 0.6) is 0 Å². The van der Waals surface area contributed by atoms with Gasteiger partial charge in [0, 0.05) is 41.4 Å². The number of aromatic carboxylic acids is 2. The van der Waals surface area contributed by atoms with Crippen molar-refractivity contribution in [2.45, 2.75) is 0 Å². The normalized spacial score (nSPS) is 9.80. The molecule has 0 bridgehead atoms. The summed E-state index contributed by atoms with van der Waals surface area (Å²) >= 11 is 5.50. The zero-order valence-electron chi connectivity index (χ0n) is 22.8. The number of methoxy groups -OCH3 is 2. The van der Waals surface area contributed by atoms with Crippen LogP contribution in [0.1, 0.15) is 41.4 Å². The number of carboxylic acids is 2. The SMILES string of the molecule is COC(=O)c1ccc(-c2ccncc2C(=O)O)c(F)c1.COC(=O)c1ccc(B(O)O)c(F)c1.O=C(O)c1cnccc1Cl. The van der Waals surface area contributed by atoms with E-state index >= 15 is 0 Å². The van der Waals surface area contributed by atoms with Crippen LogP contribution in [0, 0.1) is 11.6 Å². The maximum Gasteiger partial charge on any atom is 0.491 e. The molecule has 4 aromatic rings. The smallest absolute Gasteiger partial charge is 0.478 e. The minimum Gasteiger partial charge on any atom is -0.478 e. The largest absolute Gasteiger partial charge is 0.491 e. The van der Waals surface area contributed by atoms with E-state index in [1.807, 2.05) is 0 Å². The average Bonchev–Trinajstić information content (AvgIpc) is 3.00. The Morgan fingerprint density at radius 1 is 0.727 bits per heavy atom. The molecule has 0 atom stereocenters. The van der Waals surface area contributed by atoms with Crippen molar-refractivity contribution in [3.8, 4) is 11.1 Å². The highest BCUT2D eigenvalue weighted by molar-refractivity contribution is 6.58. The molecule has 2 heterocycles. The molecule has 44 heavy (non-hydrogen) atoms. The highest BCUT2D eigenvalue weighted by Crippen LogP contribution is 2.26.